The van der Waals surface area contributed by atoms with Gasteiger partial charge in [0.2, 0.25) is 0 Å². The Labute approximate surface area is 84.7 Å². The number of hydrogen-bond donors (Lipinski definition) is 0. The van der Waals surface area contributed by atoms with E-state index in [1.54, 1.807) is 0 Å². The molecule has 0 spiro atoms. The van der Waals surface area contributed by atoms with Crippen LogP contribution in [0.2, 0.25) is 0 Å². The molecule has 0 aliphatic carbocycles. The van der Waals surface area contributed by atoms with Gasteiger partial charge in [-0.2, -0.15) is 13.2 Å². The summed E-state index contributed by atoms with van der Waals surface area (Å²) in [5, 5.41) is 0. The van der Waals surface area contributed by atoms with E-state index in [2.05, 4.69) is 0 Å². The number of hydrogen-bond acceptors (Lipinski definition) is 1. The van der Waals surface area contributed by atoms with Crippen molar-refractivity contribution < 1.29 is 22.3 Å². The molecular formula is C10H10F4O. The fraction of sp³-hybridized carbons (Fsp3) is 0.400. The molecule has 0 aliphatic rings. The van der Waals surface area contributed by atoms with Crippen LogP contribution < -0.4 is 4.74 Å². The highest BCUT2D eigenvalue weighted by atomic mass is 19.4. The summed E-state index contributed by atoms with van der Waals surface area (Å²) < 4.78 is 52.6. The summed E-state index contributed by atoms with van der Waals surface area (Å²) in [6, 6.07) is 5.14. The molecule has 0 atom stereocenters. The van der Waals surface area contributed by atoms with Gasteiger partial charge in [-0.1, -0.05) is 0 Å². The Morgan fingerprint density at radius 1 is 1.07 bits per heavy atom. The summed E-state index contributed by atoms with van der Waals surface area (Å²) >= 11 is 0. The SMILES string of the molecule is Fc1ccc(OCCCC(F)(F)F)cc1. The molecule has 0 aromatic heterocycles. The standard InChI is InChI=1S/C10H10F4O/c11-8-2-4-9(5-3-8)15-7-1-6-10(12,13)14/h2-5H,1,6-7H2. The van der Waals surface area contributed by atoms with Crippen molar-refractivity contribution in [3.8, 4) is 5.75 Å². The Balaban J connectivity index is 2.23. The van der Waals surface area contributed by atoms with E-state index in [9.17, 15) is 17.6 Å². The smallest absolute Gasteiger partial charge is 0.389 e. The van der Waals surface area contributed by atoms with E-state index >= 15 is 0 Å². The average molecular weight is 222 g/mol. The molecule has 1 rings (SSSR count). The summed E-state index contributed by atoms with van der Waals surface area (Å²) in [5.74, 6) is -0.0313. The van der Waals surface area contributed by atoms with Crippen molar-refractivity contribution >= 4 is 0 Å². The zero-order valence-corrected chi connectivity index (χ0v) is 7.85. The first-order valence-electron chi connectivity index (χ1n) is 4.42. The molecule has 5 heteroatoms. The Kier molecular flexibility index (Phi) is 3.94. The van der Waals surface area contributed by atoms with E-state index in [0.29, 0.717) is 5.75 Å². The quantitative estimate of drug-likeness (QED) is 0.559. The van der Waals surface area contributed by atoms with Gasteiger partial charge in [0.05, 0.1) is 6.61 Å². The van der Waals surface area contributed by atoms with E-state index < -0.39 is 18.4 Å². The number of rotatable bonds is 4. The molecule has 0 amide bonds. The lowest BCUT2D eigenvalue weighted by atomic mass is 10.3. The minimum absolute atomic E-state index is 0.0227. The first-order chi connectivity index (χ1) is 6.97. The minimum Gasteiger partial charge on any atom is -0.494 e. The van der Waals surface area contributed by atoms with Gasteiger partial charge in [0.1, 0.15) is 11.6 Å². The van der Waals surface area contributed by atoms with Crippen molar-refractivity contribution in [1.29, 1.82) is 0 Å². The van der Waals surface area contributed by atoms with Crippen molar-refractivity contribution in [2.45, 2.75) is 19.0 Å². The fourth-order valence-corrected chi connectivity index (χ4v) is 0.993. The zero-order valence-electron chi connectivity index (χ0n) is 7.85. The summed E-state index contributed by atoms with van der Waals surface area (Å²) in [4.78, 5) is 0. The molecule has 84 valence electrons. The van der Waals surface area contributed by atoms with Crippen molar-refractivity contribution in [3.63, 3.8) is 0 Å². The Morgan fingerprint density at radius 3 is 2.20 bits per heavy atom. The maximum absolute atomic E-state index is 12.4. The number of halogens is 4. The summed E-state index contributed by atoms with van der Waals surface area (Å²) in [6.45, 7) is -0.0227. The normalized spacial score (nSPS) is 11.5. The van der Waals surface area contributed by atoms with Crippen molar-refractivity contribution in [2.24, 2.45) is 0 Å². The average Bonchev–Trinajstić information content (AvgIpc) is 2.14. The van der Waals surface area contributed by atoms with Crippen LogP contribution in [-0.4, -0.2) is 12.8 Å². The van der Waals surface area contributed by atoms with Crippen LogP contribution in [0.4, 0.5) is 17.6 Å². The molecule has 0 unspecified atom stereocenters. The van der Waals surface area contributed by atoms with Gasteiger partial charge in [-0.05, 0) is 30.7 Å². The molecule has 0 saturated heterocycles. The van der Waals surface area contributed by atoms with Crippen LogP contribution in [0.1, 0.15) is 12.8 Å². The Hall–Kier alpha value is -1.26. The highest BCUT2D eigenvalue weighted by molar-refractivity contribution is 5.21. The van der Waals surface area contributed by atoms with Gasteiger partial charge in [0.15, 0.2) is 0 Å². The predicted octanol–water partition coefficient (Wildman–Crippen LogP) is 3.55. The first-order valence-corrected chi connectivity index (χ1v) is 4.42. The lowest BCUT2D eigenvalue weighted by Crippen LogP contribution is -2.09. The van der Waals surface area contributed by atoms with Crippen LogP contribution in [0.25, 0.3) is 0 Å². The van der Waals surface area contributed by atoms with Crippen LogP contribution >= 0.6 is 0 Å². The lowest BCUT2D eigenvalue weighted by molar-refractivity contribution is -0.136. The van der Waals surface area contributed by atoms with Crippen molar-refractivity contribution in [2.75, 3.05) is 6.61 Å². The summed E-state index contributed by atoms with van der Waals surface area (Å²) in [6.07, 6.45) is -5.11. The molecule has 0 heterocycles. The zero-order chi connectivity index (χ0) is 11.3. The maximum Gasteiger partial charge on any atom is 0.389 e. The lowest BCUT2D eigenvalue weighted by Gasteiger charge is -2.07. The molecule has 15 heavy (non-hydrogen) atoms. The number of alkyl halides is 3. The van der Waals surface area contributed by atoms with E-state index in [1.165, 1.54) is 24.3 Å². The Bertz CT molecular complexity index is 291. The van der Waals surface area contributed by atoms with E-state index in [4.69, 9.17) is 4.74 Å². The summed E-state index contributed by atoms with van der Waals surface area (Å²) in [5.41, 5.74) is 0. The second-order valence-corrected chi connectivity index (χ2v) is 3.02. The van der Waals surface area contributed by atoms with Crippen LogP contribution in [0, 0.1) is 5.82 Å². The molecule has 0 radical (unpaired) electrons. The molecule has 1 aromatic carbocycles. The largest absolute Gasteiger partial charge is 0.494 e. The van der Waals surface area contributed by atoms with Gasteiger partial charge < -0.3 is 4.74 Å². The van der Waals surface area contributed by atoms with Crippen molar-refractivity contribution in [3.05, 3.63) is 30.1 Å². The van der Waals surface area contributed by atoms with Gasteiger partial charge in [0, 0.05) is 6.42 Å². The van der Waals surface area contributed by atoms with Crippen molar-refractivity contribution in [1.82, 2.24) is 0 Å². The van der Waals surface area contributed by atoms with Crippen LogP contribution in [0.3, 0.4) is 0 Å². The third kappa shape index (κ3) is 5.24. The first kappa shape index (κ1) is 11.8. The second-order valence-electron chi connectivity index (χ2n) is 3.02. The predicted molar refractivity (Wildman–Crippen MR) is 47.2 cm³/mol. The third-order valence-corrected chi connectivity index (χ3v) is 1.69. The number of ether oxygens (including phenoxy) is 1. The monoisotopic (exact) mass is 222 g/mol. The minimum atomic E-state index is -4.15. The Morgan fingerprint density at radius 2 is 1.67 bits per heavy atom. The van der Waals surface area contributed by atoms with Gasteiger partial charge in [-0.25, -0.2) is 4.39 Å². The summed E-state index contributed by atoms with van der Waals surface area (Å²) in [7, 11) is 0. The van der Waals surface area contributed by atoms with Crippen LogP contribution in [0.15, 0.2) is 24.3 Å². The van der Waals surface area contributed by atoms with Gasteiger partial charge in [-0.3, -0.25) is 0 Å². The van der Waals surface area contributed by atoms with Gasteiger partial charge in [-0.15, -0.1) is 0 Å². The molecule has 0 N–H and O–H groups in total. The van der Waals surface area contributed by atoms with Crippen LogP contribution in [-0.2, 0) is 0 Å². The maximum atomic E-state index is 12.4. The molecular weight excluding hydrogens is 212 g/mol. The van der Waals surface area contributed by atoms with E-state index in [1.807, 2.05) is 0 Å². The van der Waals surface area contributed by atoms with Crippen LogP contribution in [0.5, 0.6) is 5.75 Å². The molecule has 0 bridgehead atoms. The highest BCUT2D eigenvalue weighted by Gasteiger charge is 2.25. The molecule has 0 aliphatic heterocycles. The molecule has 1 aromatic rings. The van der Waals surface area contributed by atoms with Gasteiger partial charge >= 0.3 is 6.18 Å². The topological polar surface area (TPSA) is 9.23 Å². The fourth-order valence-electron chi connectivity index (χ4n) is 0.993. The second kappa shape index (κ2) is 5.00. The third-order valence-electron chi connectivity index (χ3n) is 1.69. The molecule has 0 saturated carbocycles. The highest BCUT2D eigenvalue weighted by Crippen LogP contribution is 2.21. The number of benzene rings is 1. The van der Waals surface area contributed by atoms with Gasteiger partial charge in [0.25, 0.3) is 0 Å². The molecule has 1 nitrogen and oxygen atoms in total. The van der Waals surface area contributed by atoms with E-state index in [0.717, 1.165) is 0 Å². The van der Waals surface area contributed by atoms with E-state index in [-0.39, 0.29) is 13.0 Å². The molecule has 0 fully saturated rings.